The molecule has 0 saturated carbocycles. The molecular formula is C16H25N. The van der Waals surface area contributed by atoms with Crippen molar-refractivity contribution in [2.75, 3.05) is 0 Å². The van der Waals surface area contributed by atoms with Gasteiger partial charge in [-0.1, -0.05) is 51.2 Å². The molecule has 94 valence electrons. The highest BCUT2D eigenvalue weighted by Crippen LogP contribution is 2.08. The number of hydrogen-bond acceptors (Lipinski definition) is 1. The van der Waals surface area contributed by atoms with Gasteiger partial charge in [-0.15, -0.1) is 0 Å². The monoisotopic (exact) mass is 231 g/mol. The Hall–Kier alpha value is -1.11. The molecule has 0 unspecified atom stereocenters. The number of rotatable bonds is 8. The van der Waals surface area contributed by atoms with Crippen molar-refractivity contribution in [1.82, 2.24) is 4.98 Å². The highest BCUT2D eigenvalue weighted by atomic mass is 14.7. The van der Waals surface area contributed by atoms with Crippen molar-refractivity contribution < 1.29 is 0 Å². The second kappa shape index (κ2) is 8.98. The Morgan fingerprint density at radius 3 is 2.59 bits per heavy atom. The van der Waals surface area contributed by atoms with E-state index in [1.807, 2.05) is 13.0 Å². The lowest BCUT2D eigenvalue weighted by Crippen LogP contribution is -1.83. The fourth-order valence-electron chi connectivity index (χ4n) is 1.90. The standard InChI is InChI=1S/C16H25N/c1-3-4-5-6-7-8-9-10-13-16-14-11-12-15(2)17-16/h10-14H,3-9H2,1-2H3/b13-10-. The van der Waals surface area contributed by atoms with Crippen molar-refractivity contribution in [3.8, 4) is 0 Å². The Labute approximate surface area is 106 Å². The first-order valence-corrected chi connectivity index (χ1v) is 6.93. The number of pyridine rings is 1. The zero-order valence-corrected chi connectivity index (χ0v) is 11.3. The molecule has 0 aliphatic carbocycles. The highest BCUT2D eigenvalue weighted by molar-refractivity contribution is 5.44. The van der Waals surface area contributed by atoms with Gasteiger partial charge in [0.25, 0.3) is 0 Å². The van der Waals surface area contributed by atoms with Crippen molar-refractivity contribution in [3.05, 3.63) is 35.7 Å². The third kappa shape index (κ3) is 6.93. The van der Waals surface area contributed by atoms with E-state index in [2.05, 4.69) is 36.2 Å². The molecule has 0 fully saturated rings. The number of allylic oxidation sites excluding steroid dienone is 1. The molecule has 1 heterocycles. The average Bonchev–Trinajstić information content (AvgIpc) is 2.33. The SMILES string of the molecule is CCCCCCCC/C=C\c1cccc(C)n1. The molecule has 1 rings (SSSR count). The van der Waals surface area contributed by atoms with Gasteiger partial charge in [0.15, 0.2) is 0 Å². The molecule has 0 N–H and O–H groups in total. The summed E-state index contributed by atoms with van der Waals surface area (Å²) in [6.07, 6.45) is 13.8. The minimum Gasteiger partial charge on any atom is -0.254 e. The molecule has 1 nitrogen and oxygen atoms in total. The van der Waals surface area contributed by atoms with E-state index >= 15 is 0 Å². The molecule has 0 amide bonds. The normalized spacial score (nSPS) is 11.2. The summed E-state index contributed by atoms with van der Waals surface area (Å²) in [5.74, 6) is 0. The maximum absolute atomic E-state index is 4.44. The van der Waals surface area contributed by atoms with Crippen molar-refractivity contribution >= 4 is 6.08 Å². The Bertz CT molecular complexity index is 328. The van der Waals surface area contributed by atoms with E-state index in [1.165, 1.54) is 44.9 Å². The second-order valence-corrected chi connectivity index (χ2v) is 4.66. The van der Waals surface area contributed by atoms with Gasteiger partial charge in [0.2, 0.25) is 0 Å². The Balaban J connectivity index is 2.10. The van der Waals surface area contributed by atoms with E-state index in [0.29, 0.717) is 0 Å². The van der Waals surface area contributed by atoms with Gasteiger partial charge in [-0.3, -0.25) is 4.98 Å². The molecule has 0 atom stereocenters. The van der Waals surface area contributed by atoms with E-state index in [9.17, 15) is 0 Å². The summed E-state index contributed by atoms with van der Waals surface area (Å²) in [7, 11) is 0. The largest absolute Gasteiger partial charge is 0.254 e. The van der Waals surface area contributed by atoms with Crippen LogP contribution in [0.2, 0.25) is 0 Å². The van der Waals surface area contributed by atoms with Gasteiger partial charge < -0.3 is 0 Å². The number of aryl methyl sites for hydroxylation is 1. The molecule has 0 saturated heterocycles. The molecule has 0 spiro atoms. The Morgan fingerprint density at radius 2 is 1.82 bits per heavy atom. The summed E-state index contributed by atoms with van der Waals surface area (Å²) < 4.78 is 0. The topological polar surface area (TPSA) is 12.9 Å². The van der Waals surface area contributed by atoms with Crippen LogP contribution in [-0.2, 0) is 0 Å². The number of aromatic nitrogens is 1. The van der Waals surface area contributed by atoms with Gasteiger partial charge in [0.05, 0.1) is 5.69 Å². The van der Waals surface area contributed by atoms with Crippen molar-refractivity contribution in [3.63, 3.8) is 0 Å². The lowest BCUT2D eigenvalue weighted by Gasteiger charge is -1.98. The van der Waals surface area contributed by atoms with E-state index < -0.39 is 0 Å². The second-order valence-electron chi connectivity index (χ2n) is 4.66. The van der Waals surface area contributed by atoms with E-state index in [-0.39, 0.29) is 0 Å². The summed E-state index contributed by atoms with van der Waals surface area (Å²) in [5.41, 5.74) is 2.17. The summed E-state index contributed by atoms with van der Waals surface area (Å²) in [4.78, 5) is 4.44. The zero-order chi connectivity index (χ0) is 12.3. The van der Waals surface area contributed by atoms with Crippen molar-refractivity contribution in [1.29, 1.82) is 0 Å². The third-order valence-corrected chi connectivity index (χ3v) is 2.92. The molecule has 17 heavy (non-hydrogen) atoms. The fraction of sp³-hybridized carbons (Fsp3) is 0.562. The quantitative estimate of drug-likeness (QED) is 0.563. The third-order valence-electron chi connectivity index (χ3n) is 2.92. The zero-order valence-electron chi connectivity index (χ0n) is 11.3. The predicted molar refractivity (Wildman–Crippen MR) is 76.0 cm³/mol. The van der Waals surface area contributed by atoms with Crippen LogP contribution in [0.4, 0.5) is 0 Å². The minimum absolute atomic E-state index is 1.08. The molecule has 1 aromatic heterocycles. The van der Waals surface area contributed by atoms with Gasteiger partial charge in [0.1, 0.15) is 0 Å². The molecule has 0 radical (unpaired) electrons. The minimum atomic E-state index is 1.08. The van der Waals surface area contributed by atoms with Crippen LogP contribution in [0.15, 0.2) is 24.3 Å². The van der Waals surface area contributed by atoms with Crippen LogP contribution in [0.25, 0.3) is 6.08 Å². The van der Waals surface area contributed by atoms with E-state index in [1.54, 1.807) is 0 Å². The maximum Gasteiger partial charge on any atom is 0.0629 e. The van der Waals surface area contributed by atoms with Crippen LogP contribution >= 0.6 is 0 Å². The van der Waals surface area contributed by atoms with Crippen LogP contribution < -0.4 is 0 Å². The molecular weight excluding hydrogens is 206 g/mol. The van der Waals surface area contributed by atoms with Crippen molar-refractivity contribution in [2.24, 2.45) is 0 Å². The summed E-state index contributed by atoms with van der Waals surface area (Å²) in [6.45, 7) is 4.29. The molecule has 1 aromatic rings. The van der Waals surface area contributed by atoms with Crippen LogP contribution in [0.5, 0.6) is 0 Å². The van der Waals surface area contributed by atoms with Gasteiger partial charge in [-0.05, 0) is 38.0 Å². The van der Waals surface area contributed by atoms with Crippen molar-refractivity contribution in [2.45, 2.75) is 58.8 Å². The summed E-state index contributed by atoms with van der Waals surface area (Å²) in [5, 5.41) is 0. The van der Waals surface area contributed by atoms with E-state index in [4.69, 9.17) is 0 Å². The van der Waals surface area contributed by atoms with Crippen LogP contribution in [0.1, 0.15) is 63.3 Å². The maximum atomic E-state index is 4.44. The molecule has 0 aliphatic heterocycles. The van der Waals surface area contributed by atoms with E-state index in [0.717, 1.165) is 11.4 Å². The molecule has 0 aliphatic rings. The molecule has 1 heteroatoms. The number of hydrogen-bond donors (Lipinski definition) is 0. The van der Waals surface area contributed by atoms with Gasteiger partial charge in [0, 0.05) is 5.69 Å². The first kappa shape index (κ1) is 14.0. The Kier molecular flexibility index (Phi) is 7.37. The first-order chi connectivity index (χ1) is 8.33. The average molecular weight is 231 g/mol. The highest BCUT2D eigenvalue weighted by Gasteiger charge is 1.90. The van der Waals surface area contributed by atoms with Crippen LogP contribution in [0.3, 0.4) is 0 Å². The Morgan fingerprint density at radius 1 is 1.06 bits per heavy atom. The summed E-state index contributed by atoms with van der Waals surface area (Å²) >= 11 is 0. The fourth-order valence-corrected chi connectivity index (χ4v) is 1.90. The predicted octanol–water partition coefficient (Wildman–Crippen LogP) is 5.15. The number of nitrogens with zero attached hydrogens (tertiary/aromatic N) is 1. The van der Waals surface area contributed by atoms with Gasteiger partial charge in [-0.25, -0.2) is 0 Å². The van der Waals surface area contributed by atoms with Crippen LogP contribution in [0, 0.1) is 6.92 Å². The lowest BCUT2D eigenvalue weighted by molar-refractivity contribution is 0.611. The smallest absolute Gasteiger partial charge is 0.0629 e. The van der Waals surface area contributed by atoms with Gasteiger partial charge >= 0.3 is 0 Å². The molecule has 0 bridgehead atoms. The molecule has 0 aromatic carbocycles. The lowest BCUT2D eigenvalue weighted by atomic mass is 10.1. The summed E-state index contributed by atoms with van der Waals surface area (Å²) in [6, 6.07) is 6.16. The first-order valence-electron chi connectivity index (χ1n) is 6.93. The van der Waals surface area contributed by atoms with Gasteiger partial charge in [-0.2, -0.15) is 0 Å². The van der Waals surface area contributed by atoms with Crippen LogP contribution in [-0.4, -0.2) is 4.98 Å². The number of unbranched alkanes of at least 4 members (excludes halogenated alkanes) is 6.